The number of nitrogens with one attached hydrogen (secondary N) is 2. The van der Waals surface area contributed by atoms with Crippen molar-refractivity contribution in [2.45, 2.75) is 38.3 Å². The highest BCUT2D eigenvalue weighted by Gasteiger charge is 2.24. The average Bonchev–Trinajstić information content (AvgIpc) is 3.44. The van der Waals surface area contributed by atoms with E-state index in [4.69, 9.17) is 27.8 Å². The number of nitrogen functional groups attached to an aromatic ring is 2. The lowest BCUT2D eigenvalue weighted by molar-refractivity contribution is -0.123. The van der Waals surface area contributed by atoms with Crippen LogP contribution in [-0.2, 0) is 17.8 Å². The van der Waals surface area contributed by atoms with E-state index in [0.717, 1.165) is 45.3 Å². The number of ether oxygens (including phenoxy) is 1. The molecule has 208 valence electrons. The predicted octanol–water partition coefficient (Wildman–Crippen LogP) is 1.51. The van der Waals surface area contributed by atoms with Crippen LogP contribution in [0.5, 0.6) is 5.75 Å². The van der Waals surface area contributed by atoms with Crippen LogP contribution >= 0.6 is 11.6 Å². The third-order valence-corrected chi connectivity index (χ3v) is 6.72. The summed E-state index contributed by atoms with van der Waals surface area (Å²) in [5.41, 5.74) is 12.6. The van der Waals surface area contributed by atoms with E-state index in [1.807, 2.05) is 35.0 Å². The van der Waals surface area contributed by atoms with Crippen molar-refractivity contribution >= 4 is 35.1 Å². The van der Waals surface area contributed by atoms with Gasteiger partial charge in [-0.25, -0.2) is 15.0 Å². The number of aromatic nitrogens is 4. The van der Waals surface area contributed by atoms with Gasteiger partial charge in [0, 0.05) is 38.1 Å². The molecular weight excluding hydrogens is 522 g/mol. The SMILES string of the molecule is Nc1nc(N)c(C(=O)N[C@H]2CCCN(CCCc3ccc(OCC(=O)NCCn4ccnc4)cc3)C2)nc1Cl. The Morgan fingerprint density at radius 3 is 2.72 bits per heavy atom. The third-order valence-electron chi connectivity index (χ3n) is 6.45. The van der Waals surface area contributed by atoms with E-state index in [-0.39, 0.29) is 41.0 Å². The second kappa shape index (κ2) is 13.8. The van der Waals surface area contributed by atoms with Crippen LogP contribution in [0.2, 0.25) is 5.15 Å². The number of halogens is 1. The second-order valence-electron chi connectivity index (χ2n) is 9.43. The van der Waals surface area contributed by atoms with Crippen molar-refractivity contribution < 1.29 is 14.3 Å². The van der Waals surface area contributed by atoms with E-state index in [9.17, 15) is 9.59 Å². The molecule has 4 rings (SSSR count). The summed E-state index contributed by atoms with van der Waals surface area (Å²) >= 11 is 5.90. The van der Waals surface area contributed by atoms with Crippen LogP contribution in [-0.4, -0.2) is 75.1 Å². The predicted molar refractivity (Wildman–Crippen MR) is 148 cm³/mol. The van der Waals surface area contributed by atoms with Gasteiger partial charge in [-0.15, -0.1) is 0 Å². The van der Waals surface area contributed by atoms with Gasteiger partial charge in [0.05, 0.1) is 6.33 Å². The Balaban J connectivity index is 1.14. The molecule has 2 aromatic heterocycles. The summed E-state index contributed by atoms with van der Waals surface area (Å²) in [6.45, 7) is 3.80. The molecule has 0 aliphatic carbocycles. The zero-order valence-electron chi connectivity index (χ0n) is 21.7. The molecule has 1 aliphatic heterocycles. The largest absolute Gasteiger partial charge is 0.484 e. The molecule has 1 aliphatic rings. The van der Waals surface area contributed by atoms with Gasteiger partial charge in [-0.05, 0) is 56.5 Å². The maximum absolute atomic E-state index is 12.7. The zero-order valence-corrected chi connectivity index (χ0v) is 22.4. The Morgan fingerprint density at radius 2 is 1.95 bits per heavy atom. The molecule has 39 heavy (non-hydrogen) atoms. The number of piperidine rings is 1. The number of anilines is 2. The van der Waals surface area contributed by atoms with Gasteiger partial charge in [-0.2, -0.15) is 0 Å². The van der Waals surface area contributed by atoms with Gasteiger partial charge in [-0.1, -0.05) is 23.7 Å². The van der Waals surface area contributed by atoms with Crippen LogP contribution in [0, 0.1) is 0 Å². The van der Waals surface area contributed by atoms with Gasteiger partial charge in [-0.3, -0.25) is 9.59 Å². The van der Waals surface area contributed by atoms with E-state index in [1.54, 1.807) is 12.5 Å². The van der Waals surface area contributed by atoms with Crippen LogP contribution in [0.25, 0.3) is 0 Å². The first-order valence-corrected chi connectivity index (χ1v) is 13.3. The minimum absolute atomic E-state index is 0.00240. The number of amides is 2. The van der Waals surface area contributed by atoms with E-state index in [0.29, 0.717) is 18.8 Å². The quantitative estimate of drug-likeness (QED) is 0.259. The van der Waals surface area contributed by atoms with Crippen molar-refractivity contribution in [3.63, 3.8) is 0 Å². The standard InChI is InChI=1S/C26H34ClN9O3/c27-23-25(29)34-24(28)22(33-23)26(38)32-19-4-2-12-35(15-19)11-1-3-18-5-7-20(8-6-18)39-16-21(37)31-10-14-36-13-9-30-17-36/h5-9,13,17,19H,1-4,10-12,14-16H2,(H,31,37)(H,32,38)(H4,28,29,34)/t19-/m0/s1. The molecule has 13 heteroatoms. The number of rotatable bonds is 12. The van der Waals surface area contributed by atoms with Crippen LogP contribution in [0.15, 0.2) is 43.0 Å². The fourth-order valence-electron chi connectivity index (χ4n) is 4.44. The molecule has 1 fully saturated rings. The van der Waals surface area contributed by atoms with Crippen molar-refractivity contribution in [2.24, 2.45) is 0 Å². The van der Waals surface area contributed by atoms with Crippen LogP contribution < -0.4 is 26.8 Å². The molecule has 1 aromatic carbocycles. The smallest absolute Gasteiger partial charge is 0.274 e. The van der Waals surface area contributed by atoms with E-state index >= 15 is 0 Å². The highest BCUT2D eigenvalue weighted by atomic mass is 35.5. The van der Waals surface area contributed by atoms with Gasteiger partial charge < -0.3 is 36.3 Å². The Labute approximate surface area is 232 Å². The molecule has 0 radical (unpaired) electrons. The van der Waals surface area contributed by atoms with Gasteiger partial charge in [0.25, 0.3) is 11.8 Å². The van der Waals surface area contributed by atoms with Gasteiger partial charge in [0.1, 0.15) is 5.75 Å². The summed E-state index contributed by atoms with van der Waals surface area (Å²) in [7, 11) is 0. The fourth-order valence-corrected chi connectivity index (χ4v) is 4.57. The van der Waals surface area contributed by atoms with Crippen LogP contribution in [0.1, 0.15) is 35.3 Å². The molecule has 0 spiro atoms. The Hall–Kier alpha value is -3.90. The summed E-state index contributed by atoms with van der Waals surface area (Å²) in [5.74, 6) is 0.0542. The first-order valence-electron chi connectivity index (χ1n) is 12.9. The normalized spacial score (nSPS) is 15.6. The number of carbonyl (C=O) groups excluding carboxylic acids is 2. The lowest BCUT2D eigenvalue weighted by Gasteiger charge is -2.33. The van der Waals surface area contributed by atoms with E-state index < -0.39 is 5.91 Å². The lowest BCUT2D eigenvalue weighted by atomic mass is 10.0. The van der Waals surface area contributed by atoms with E-state index in [1.165, 1.54) is 5.56 Å². The molecule has 0 saturated carbocycles. The minimum Gasteiger partial charge on any atom is -0.484 e. The summed E-state index contributed by atoms with van der Waals surface area (Å²) in [6.07, 6.45) is 9.02. The topological polar surface area (TPSA) is 166 Å². The summed E-state index contributed by atoms with van der Waals surface area (Å²) in [4.78, 5) is 38.8. The summed E-state index contributed by atoms with van der Waals surface area (Å²) in [6, 6.07) is 7.81. The monoisotopic (exact) mass is 555 g/mol. The first-order chi connectivity index (χ1) is 18.9. The number of hydrogen-bond donors (Lipinski definition) is 4. The fraction of sp³-hybridized carbons (Fsp3) is 0.423. The van der Waals surface area contributed by atoms with Gasteiger partial charge in [0.2, 0.25) is 0 Å². The van der Waals surface area contributed by atoms with Crippen molar-refractivity contribution in [1.29, 1.82) is 0 Å². The average molecular weight is 556 g/mol. The van der Waals surface area contributed by atoms with Crippen LogP contribution in [0.3, 0.4) is 0 Å². The van der Waals surface area contributed by atoms with Gasteiger partial charge >= 0.3 is 0 Å². The molecule has 3 aromatic rings. The number of carbonyl (C=O) groups is 2. The number of hydrogen-bond acceptors (Lipinski definition) is 9. The number of benzene rings is 1. The Kier molecular flexibility index (Phi) is 9.92. The zero-order chi connectivity index (χ0) is 27.6. The number of nitrogens with two attached hydrogens (primary N) is 2. The number of likely N-dealkylation sites (tertiary alicyclic amines) is 1. The first kappa shape index (κ1) is 28.1. The Bertz CT molecular complexity index is 1240. The molecule has 1 saturated heterocycles. The summed E-state index contributed by atoms with van der Waals surface area (Å²) in [5, 5.41) is 5.78. The van der Waals surface area contributed by atoms with E-state index in [2.05, 4.69) is 30.5 Å². The number of nitrogens with zero attached hydrogens (tertiary/aromatic N) is 5. The summed E-state index contributed by atoms with van der Waals surface area (Å²) < 4.78 is 7.50. The molecule has 0 bridgehead atoms. The Morgan fingerprint density at radius 1 is 1.13 bits per heavy atom. The molecule has 12 nitrogen and oxygen atoms in total. The molecule has 3 heterocycles. The van der Waals surface area contributed by atoms with Crippen molar-refractivity contribution in [1.82, 2.24) is 35.1 Å². The second-order valence-corrected chi connectivity index (χ2v) is 9.79. The third kappa shape index (κ3) is 8.55. The maximum atomic E-state index is 12.7. The van der Waals surface area contributed by atoms with Crippen LogP contribution in [0.4, 0.5) is 11.6 Å². The van der Waals surface area contributed by atoms with Crippen molar-refractivity contribution in [3.8, 4) is 5.75 Å². The number of aryl methyl sites for hydroxylation is 1. The lowest BCUT2D eigenvalue weighted by Crippen LogP contribution is -2.48. The van der Waals surface area contributed by atoms with Crippen molar-refractivity contribution in [3.05, 3.63) is 59.4 Å². The van der Waals surface area contributed by atoms with Gasteiger partial charge in [0.15, 0.2) is 29.1 Å². The molecule has 2 amide bonds. The number of imidazole rings is 1. The molecular formula is C26H34ClN9O3. The van der Waals surface area contributed by atoms with Crippen molar-refractivity contribution in [2.75, 3.05) is 44.3 Å². The molecule has 6 N–H and O–H groups in total. The molecule has 0 unspecified atom stereocenters. The molecule has 1 atom stereocenters. The highest BCUT2D eigenvalue weighted by Crippen LogP contribution is 2.19. The maximum Gasteiger partial charge on any atom is 0.274 e. The highest BCUT2D eigenvalue weighted by molar-refractivity contribution is 6.31. The minimum atomic E-state index is -0.400.